The number of hydrogen-bond acceptors (Lipinski definition) is 12. The summed E-state index contributed by atoms with van der Waals surface area (Å²) in [5.74, 6) is 9.62. The fraction of sp³-hybridized carbons (Fsp3) is 0.750. The molecule has 2 saturated heterocycles. The number of thioether (sulfide) groups is 6. The summed E-state index contributed by atoms with van der Waals surface area (Å²) in [5, 5.41) is 34.3. The van der Waals surface area contributed by atoms with Crippen LogP contribution in [0.2, 0.25) is 0 Å². The van der Waals surface area contributed by atoms with E-state index >= 15 is 0 Å². The average molecular weight is 628 g/mol. The molecule has 0 spiro atoms. The highest BCUT2D eigenvalue weighted by Gasteiger charge is 2.32. The van der Waals surface area contributed by atoms with E-state index in [0.717, 1.165) is 28.8 Å². The summed E-state index contributed by atoms with van der Waals surface area (Å²) >= 11 is 11.1. The molecule has 0 aromatic heterocycles. The molecule has 210 valence electrons. The van der Waals surface area contributed by atoms with Crippen LogP contribution in [0.5, 0.6) is 11.5 Å². The zero-order valence-electron chi connectivity index (χ0n) is 21.5. The van der Waals surface area contributed by atoms with E-state index in [1.54, 1.807) is 44.3 Å². The Hall–Kier alpha value is 0.240. The zero-order chi connectivity index (χ0) is 26.9. The predicted octanol–water partition coefficient (Wildman–Crippen LogP) is 5.36. The molecule has 2 heterocycles. The molecule has 2 aliphatic heterocycles. The quantitative estimate of drug-likeness (QED) is 0.158. The lowest BCUT2D eigenvalue weighted by Gasteiger charge is -2.31. The SMILES string of the molecule is CC(O)(COc1cc(OC(SCC2CSCCS2)C(C)(C)O)ccc1[N+](=O)[O-])CSCC1CSCCS1. The van der Waals surface area contributed by atoms with Gasteiger partial charge in [-0.05, 0) is 26.8 Å². The standard InChI is InChI=1S/C24H37NO6S6/c1-23(2,26)22(37-14-19-12-33-7-9-36-19)31-17-4-5-20(25(28)29)21(10-17)30-15-24(3,27)16-34-13-18-11-32-6-8-35-18/h4-5,10,18-19,22,26-27H,6-9,11-16H2,1-3H3. The first-order valence-electron chi connectivity index (χ1n) is 12.1. The van der Waals surface area contributed by atoms with Gasteiger partial charge in [0.15, 0.2) is 5.44 Å². The summed E-state index contributed by atoms with van der Waals surface area (Å²) in [6.07, 6.45) is 0. The minimum absolute atomic E-state index is 0.0470. The van der Waals surface area contributed by atoms with Gasteiger partial charge in [0.2, 0.25) is 5.75 Å². The lowest BCUT2D eigenvalue weighted by atomic mass is 10.1. The highest BCUT2D eigenvalue weighted by molar-refractivity contribution is 8.08. The van der Waals surface area contributed by atoms with Gasteiger partial charge in [-0.2, -0.15) is 58.8 Å². The Morgan fingerprint density at radius 2 is 1.73 bits per heavy atom. The number of aliphatic hydroxyl groups is 2. The van der Waals surface area contributed by atoms with Crippen LogP contribution in [-0.4, -0.2) is 101 Å². The second kappa shape index (κ2) is 15.3. The molecule has 3 rings (SSSR count). The molecule has 0 radical (unpaired) electrons. The number of nitro groups is 1. The molecule has 4 atom stereocenters. The van der Waals surface area contributed by atoms with Crippen LogP contribution in [0.15, 0.2) is 18.2 Å². The molecular formula is C24H37NO6S6. The molecule has 37 heavy (non-hydrogen) atoms. The van der Waals surface area contributed by atoms with Crippen LogP contribution in [0.25, 0.3) is 0 Å². The third-order valence-corrected chi connectivity index (χ3v) is 14.6. The molecular weight excluding hydrogens is 591 g/mol. The average Bonchev–Trinajstić information content (AvgIpc) is 2.86. The minimum Gasteiger partial charge on any atom is -0.484 e. The third kappa shape index (κ3) is 11.3. The number of benzene rings is 1. The first-order chi connectivity index (χ1) is 17.5. The highest BCUT2D eigenvalue weighted by Crippen LogP contribution is 2.36. The minimum atomic E-state index is -1.14. The molecule has 1 aromatic carbocycles. The largest absolute Gasteiger partial charge is 0.484 e. The van der Waals surface area contributed by atoms with E-state index in [9.17, 15) is 20.3 Å². The Balaban J connectivity index is 1.60. The van der Waals surface area contributed by atoms with E-state index < -0.39 is 21.6 Å². The summed E-state index contributed by atoms with van der Waals surface area (Å²) < 4.78 is 11.9. The van der Waals surface area contributed by atoms with Crippen molar-refractivity contribution in [1.29, 1.82) is 0 Å². The monoisotopic (exact) mass is 627 g/mol. The molecule has 2 aliphatic rings. The van der Waals surface area contributed by atoms with E-state index in [0.29, 0.717) is 22.0 Å². The Morgan fingerprint density at radius 3 is 2.30 bits per heavy atom. The lowest BCUT2D eigenvalue weighted by Crippen LogP contribution is -2.39. The maximum Gasteiger partial charge on any atom is 0.311 e. The van der Waals surface area contributed by atoms with Gasteiger partial charge in [0.1, 0.15) is 23.6 Å². The van der Waals surface area contributed by atoms with Crippen molar-refractivity contribution < 1.29 is 24.6 Å². The van der Waals surface area contributed by atoms with E-state index in [-0.39, 0.29) is 18.0 Å². The van der Waals surface area contributed by atoms with Crippen molar-refractivity contribution >= 4 is 76.3 Å². The fourth-order valence-corrected chi connectivity index (χ4v) is 12.0. The molecule has 0 bridgehead atoms. The van der Waals surface area contributed by atoms with E-state index in [2.05, 4.69) is 0 Å². The molecule has 0 saturated carbocycles. The van der Waals surface area contributed by atoms with Crippen LogP contribution < -0.4 is 9.47 Å². The van der Waals surface area contributed by atoms with Crippen LogP contribution in [0.1, 0.15) is 20.8 Å². The van der Waals surface area contributed by atoms with Crippen molar-refractivity contribution in [3.05, 3.63) is 28.3 Å². The van der Waals surface area contributed by atoms with Crippen LogP contribution in [-0.2, 0) is 0 Å². The normalized spacial score (nSPS) is 23.2. The molecule has 2 fully saturated rings. The molecule has 13 heteroatoms. The van der Waals surface area contributed by atoms with Gasteiger partial charge in [0, 0.05) is 74.4 Å². The van der Waals surface area contributed by atoms with Gasteiger partial charge >= 0.3 is 5.69 Å². The van der Waals surface area contributed by atoms with Gasteiger partial charge in [-0.1, -0.05) is 0 Å². The van der Waals surface area contributed by atoms with Crippen molar-refractivity contribution in [3.63, 3.8) is 0 Å². The van der Waals surface area contributed by atoms with E-state index in [1.165, 1.54) is 35.5 Å². The number of nitro benzene ring substituents is 1. The first-order valence-corrected chi connectivity index (χ1v) is 18.8. The van der Waals surface area contributed by atoms with Crippen LogP contribution in [0.4, 0.5) is 5.69 Å². The van der Waals surface area contributed by atoms with Gasteiger partial charge in [0.25, 0.3) is 0 Å². The number of nitrogens with zero attached hydrogens (tertiary/aromatic N) is 1. The maximum absolute atomic E-state index is 11.6. The lowest BCUT2D eigenvalue weighted by molar-refractivity contribution is -0.386. The zero-order valence-corrected chi connectivity index (χ0v) is 26.4. The van der Waals surface area contributed by atoms with Crippen LogP contribution in [0.3, 0.4) is 0 Å². The van der Waals surface area contributed by atoms with Crippen LogP contribution in [0, 0.1) is 10.1 Å². The Morgan fingerprint density at radius 1 is 1.08 bits per heavy atom. The summed E-state index contributed by atoms with van der Waals surface area (Å²) in [6, 6.07) is 4.37. The summed E-state index contributed by atoms with van der Waals surface area (Å²) in [7, 11) is 0. The number of hydrogen-bond donors (Lipinski definition) is 2. The topological polar surface area (TPSA) is 102 Å². The summed E-state index contributed by atoms with van der Waals surface area (Å²) in [5.41, 5.74) is -2.99. The van der Waals surface area contributed by atoms with E-state index in [4.69, 9.17) is 9.47 Å². The van der Waals surface area contributed by atoms with Gasteiger partial charge in [0.05, 0.1) is 4.92 Å². The van der Waals surface area contributed by atoms with Gasteiger partial charge < -0.3 is 19.7 Å². The number of ether oxygens (including phenoxy) is 2. The predicted molar refractivity (Wildman–Crippen MR) is 167 cm³/mol. The Kier molecular flexibility index (Phi) is 13.1. The molecule has 0 amide bonds. The molecule has 4 unspecified atom stereocenters. The van der Waals surface area contributed by atoms with Crippen molar-refractivity contribution in [3.8, 4) is 11.5 Å². The Bertz CT molecular complexity index is 859. The molecule has 2 N–H and O–H groups in total. The third-order valence-electron chi connectivity index (χ3n) is 5.41. The van der Waals surface area contributed by atoms with Crippen molar-refractivity contribution in [2.45, 2.75) is 47.9 Å². The van der Waals surface area contributed by atoms with Crippen LogP contribution >= 0.6 is 70.6 Å². The number of rotatable bonds is 14. The van der Waals surface area contributed by atoms with E-state index in [1.807, 2.05) is 47.0 Å². The smallest absolute Gasteiger partial charge is 0.311 e. The molecule has 1 aromatic rings. The molecule has 7 nitrogen and oxygen atoms in total. The Labute approximate surface area is 245 Å². The first kappa shape index (κ1) is 31.8. The van der Waals surface area contributed by atoms with Crippen molar-refractivity contribution in [2.24, 2.45) is 0 Å². The molecule has 0 aliphatic carbocycles. The van der Waals surface area contributed by atoms with Gasteiger partial charge in [-0.3, -0.25) is 10.1 Å². The van der Waals surface area contributed by atoms with Crippen molar-refractivity contribution in [1.82, 2.24) is 0 Å². The summed E-state index contributed by atoms with van der Waals surface area (Å²) in [4.78, 5) is 11.1. The second-order valence-electron chi connectivity index (χ2n) is 9.76. The highest BCUT2D eigenvalue weighted by atomic mass is 32.2. The second-order valence-corrected chi connectivity index (χ2v) is 17.0. The fourth-order valence-electron chi connectivity index (χ4n) is 3.49. The maximum atomic E-state index is 11.6. The summed E-state index contributed by atoms with van der Waals surface area (Å²) in [6.45, 7) is 5.03. The van der Waals surface area contributed by atoms with Gasteiger partial charge in [-0.15, -0.1) is 11.8 Å². The van der Waals surface area contributed by atoms with Crippen molar-refractivity contribution in [2.75, 3.05) is 58.4 Å². The van der Waals surface area contributed by atoms with Gasteiger partial charge in [-0.25, -0.2) is 0 Å².